The molecule has 0 aliphatic carbocycles. The van der Waals surface area contributed by atoms with Crippen molar-refractivity contribution >= 4 is 0 Å². The second-order valence-corrected chi connectivity index (χ2v) is 3.74. The average Bonchev–Trinajstić information content (AvgIpc) is 2.26. The first kappa shape index (κ1) is 12.8. The molecule has 0 atom stereocenters. The number of benzene rings is 1. The van der Waals surface area contributed by atoms with Crippen LogP contribution in [0.1, 0.15) is 5.56 Å². The fourth-order valence-electron chi connectivity index (χ4n) is 1.47. The summed E-state index contributed by atoms with van der Waals surface area (Å²) in [5.74, 6) is 0.684. The number of phenolic OH excluding ortho intramolecular Hbond substituents is 1. The summed E-state index contributed by atoms with van der Waals surface area (Å²) in [5, 5.41) is 9.61. The summed E-state index contributed by atoms with van der Waals surface area (Å²) in [6, 6.07) is 5.44. The molecule has 0 radical (unpaired) electrons. The van der Waals surface area contributed by atoms with Crippen LogP contribution in [-0.2, 0) is 11.3 Å². The van der Waals surface area contributed by atoms with E-state index in [4.69, 9.17) is 9.47 Å². The maximum Gasteiger partial charge on any atom is 0.160 e. The van der Waals surface area contributed by atoms with E-state index in [1.807, 2.05) is 13.1 Å². The highest BCUT2D eigenvalue weighted by atomic mass is 16.5. The molecular weight excluding hydrogens is 206 g/mol. The lowest BCUT2D eigenvalue weighted by Crippen LogP contribution is -2.22. The third-order valence-corrected chi connectivity index (χ3v) is 2.37. The quantitative estimate of drug-likeness (QED) is 0.796. The lowest BCUT2D eigenvalue weighted by Gasteiger charge is -2.16. The van der Waals surface area contributed by atoms with Crippen molar-refractivity contribution in [2.24, 2.45) is 0 Å². The van der Waals surface area contributed by atoms with Crippen LogP contribution in [0.4, 0.5) is 0 Å². The minimum Gasteiger partial charge on any atom is -0.504 e. The fraction of sp³-hybridized carbons (Fsp3) is 0.500. The van der Waals surface area contributed by atoms with Crippen LogP contribution in [0.15, 0.2) is 18.2 Å². The molecule has 1 N–H and O–H groups in total. The first-order valence-corrected chi connectivity index (χ1v) is 5.20. The molecule has 0 amide bonds. The minimum atomic E-state index is 0.181. The number of hydrogen-bond donors (Lipinski definition) is 1. The van der Waals surface area contributed by atoms with Gasteiger partial charge >= 0.3 is 0 Å². The molecule has 1 aromatic carbocycles. The number of hydrogen-bond acceptors (Lipinski definition) is 4. The number of phenols is 1. The van der Waals surface area contributed by atoms with Gasteiger partial charge in [-0.05, 0) is 24.7 Å². The predicted molar refractivity (Wildman–Crippen MR) is 62.9 cm³/mol. The maximum absolute atomic E-state index is 9.61. The predicted octanol–water partition coefficient (Wildman–Crippen LogP) is 1.48. The molecule has 0 aliphatic heterocycles. The van der Waals surface area contributed by atoms with Crippen LogP contribution >= 0.6 is 0 Å². The van der Waals surface area contributed by atoms with E-state index in [-0.39, 0.29) is 5.75 Å². The molecule has 90 valence electrons. The van der Waals surface area contributed by atoms with Gasteiger partial charge in [0.1, 0.15) is 0 Å². The van der Waals surface area contributed by atoms with E-state index in [0.29, 0.717) is 12.4 Å². The Balaban J connectivity index is 2.57. The van der Waals surface area contributed by atoms with Gasteiger partial charge in [-0.25, -0.2) is 0 Å². The molecule has 0 heterocycles. The molecule has 1 rings (SSSR count). The number of nitrogens with zero attached hydrogens (tertiary/aromatic N) is 1. The van der Waals surface area contributed by atoms with Gasteiger partial charge in [-0.1, -0.05) is 6.07 Å². The molecular formula is C12H19NO3. The summed E-state index contributed by atoms with van der Waals surface area (Å²) in [6.07, 6.45) is 0. The van der Waals surface area contributed by atoms with Gasteiger partial charge in [-0.2, -0.15) is 0 Å². The SMILES string of the molecule is COCCN(C)Cc1ccc(OC)c(O)c1. The summed E-state index contributed by atoms with van der Waals surface area (Å²) in [4.78, 5) is 2.13. The molecule has 16 heavy (non-hydrogen) atoms. The van der Waals surface area contributed by atoms with Crippen LogP contribution in [-0.4, -0.2) is 44.4 Å². The summed E-state index contributed by atoms with van der Waals surface area (Å²) < 4.78 is 9.99. The second-order valence-electron chi connectivity index (χ2n) is 3.74. The van der Waals surface area contributed by atoms with E-state index in [0.717, 1.165) is 18.7 Å². The van der Waals surface area contributed by atoms with Gasteiger partial charge in [0, 0.05) is 20.2 Å². The molecule has 0 saturated heterocycles. The molecule has 0 bridgehead atoms. The Kier molecular flexibility index (Phi) is 5.08. The van der Waals surface area contributed by atoms with Gasteiger partial charge in [0.2, 0.25) is 0 Å². The molecule has 4 nitrogen and oxygen atoms in total. The zero-order valence-electron chi connectivity index (χ0n) is 10.1. The van der Waals surface area contributed by atoms with Crippen LogP contribution in [0.3, 0.4) is 0 Å². The highest BCUT2D eigenvalue weighted by Gasteiger charge is 2.04. The van der Waals surface area contributed by atoms with Gasteiger partial charge < -0.3 is 14.6 Å². The van der Waals surface area contributed by atoms with Crippen molar-refractivity contribution in [3.63, 3.8) is 0 Å². The monoisotopic (exact) mass is 225 g/mol. The first-order chi connectivity index (χ1) is 7.67. The van der Waals surface area contributed by atoms with Crippen LogP contribution in [0, 0.1) is 0 Å². The number of methoxy groups -OCH3 is 2. The largest absolute Gasteiger partial charge is 0.504 e. The number of ether oxygens (including phenoxy) is 2. The fourth-order valence-corrected chi connectivity index (χ4v) is 1.47. The first-order valence-electron chi connectivity index (χ1n) is 5.20. The summed E-state index contributed by atoms with van der Waals surface area (Å²) in [7, 11) is 5.24. The molecule has 0 spiro atoms. The van der Waals surface area contributed by atoms with Gasteiger partial charge in [-0.3, -0.25) is 4.90 Å². The minimum absolute atomic E-state index is 0.181. The van der Waals surface area contributed by atoms with Crippen molar-refractivity contribution in [1.82, 2.24) is 4.90 Å². The zero-order valence-corrected chi connectivity index (χ0v) is 10.1. The molecule has 4 heteroatoms. The van der Waals surface area contributed by atoms with Crippen LogP contribution in [0.5, 0.6) is 11.5 Å². The number of rotatable bonds is 6. The molecule has 0 saturated carbocycles. The van der Waals surface area contributed by atoms with Crippen LogP contribution in [0.2, 0.25) is 0 Å². The van der Waals surface area contributed by atoms with Gasteiger partial charge in [-0.15, -0.1) is 0 Å². The third-order valence-electron chi connectivity index (χ3n) is 2.37. The van der Waals surface area contributed by atoms with Crippen LogP contribution < -0.4 is 4.74 Å². The Morgan fingerprint density at radius 3 is 2.62 bits per heavy atom. The van der Waals surface area contributed by atoms with E-state index in [9.17, 15) is 5.11 Å². The molecule has 0 aromatic heterocycles. The number of likely N-dealkylation sites (N-methyl/N-ethyl adjacent to an activating group) is 1. The summed E-state index contributed by atoms with van der Waals surface area (Å²) >= 11 is 0. The zero-order chi connectivity index (χ0) is 12.0. The summed E-state index contributed by atoms with van der Waals surface area (Å²) in [6.45, 7) is 2.35. The van der Waals surface area contributed by atoms with E-state index < -0.39 is 0 Å². The molecule has 1 aromatic rings. The van der Waals surface area contributed by atoms with E-state index in [2.05, 4.69) is 4.90 Å². The smallest absolute Gasteiger partial charge is 0.160 e. The standard InChI is InChI=1S/C12H19NO3/c1-13(6-7-15-2)9-10-4-5-12(16-3)11(14)8-10/h4-5,8,14H,6-7,9H2,1-3H3. The van der Waals surface area contributed by atoms with Gasteiger partial charge in [0.25, 0.3) is 0 Å². The van der Waals surface area contributed by atoms with Gasteiger partial charge in [0.15, 0.2) is 11.5 Å². The van der Waals surface area contributed by atoms with Crippen molar-refractivity contribution in [2.45, 2.75) is 6.54 Å². The number of aromatic hydroxyl groups is 1. The summed E-state index contributed by atoms with van der Waals surface area (Å²) in [5.41, 5.74) is 1.05. The van der Waals surface area contributed by atoms with Crippen molar-refractivity contribution < 1.29 is 14.6 Å². The Labute approximate surface area is 96.4 Å². The molecule has 0 fully saturated rings. The van der Waals surface area contributed by atoms with E-state index in [1.54, 1.807) is 26.4 Å². The lowest BCUT2D eigenvalue weighted by atomic mass is 10.2. The van der Waals surface area contributed by atoms with E-state index in [1.165, 1.54) is 0 Å². The van der Waals surface area contributed by atoms with E-state index >= 15 is 0 Å². The second kappa shape index (κ2) is 6.35. The highest BCUT2D eigenvalue weighted by Crippen LogP contribution is 2.26. The molecule has 0 aliphatic rings. The third kappa shape index (κ3) is 3.72. The average molecular weight is 225 g/mol. The topological polar surface area (TPSA) is 41.9 Å². The van der Waals surface area contributed by atoms with Crippen molar-refractivity contribution in [1.29, 1.82) is 0 Å². The van der Waals surface area contributed by atoms with Crippen molar-refractivity contribution in [2.75, 3.05) is 34.4 Å². The maximum atomic E-state index is 9.61. The van der Waals surface area contributed by atoms with Crippen LogP contribution in [0.25, 0.3) is 0 Å². The van der Waals surface area contributed by atoms with Crippen molar-refractivity contribution in [3.8, 4) is 11.5 Å². The highest BCUT2D eigenvalue weighted by molar-refractivity contribution is 5.41. The Morgan fingerprint density at radius 2 is 2.06 bits per heavy atom. The molecule has 0 unspecified atom stereocenters. The Hall–Kier alpha value is -1.26. The van der Waals surface area contributed by atoms with Crippen molar-refractivity contribution in [3.05, 3.63) is 23.8 Å². The lowest BCUT2D eigenvalue weighted by molar-refractivity contribution is 0.158. The Bertz CT molecular complexity index is 328. The normalized spacial score (nSPS) is 10.8. The van der Waals surface area contributed by atoms with Gasteiger partial charge in [0.05, 0.1) is 13.7 Å². The Morgan fingerprint density at radius 1 is 1.31 bits per heavy atom.